The predicted octanol–water partition coefficient (Wildman–Crippen LogP) is -0.252. The largest absolute Gasteiger partial charge is 0.375 e. The molecule has 0 spiro atoms. The quantitative estimate of drug-likeness (QED) is 0.467. The Kier molecular flexibility index (Phi) is 5.69. The summed E-state index contributed by atoms with van der Waals surface area (Å²) in [6, 6.07) is 0. The van der Waals surface area contributed by atoms with Gasteiger partial charge in [-0.25, -0.2) is 0 Å². The van der Waals surface area contributed by atoms with Crippen molar-refractivity contribution in [1.82, 2.24) is 0 Å². The molecule has 0 aromatic rings. The maximum atomic E-state index is 5.72. The van der Waals surface area contributed by atoms with Crippen molar-refractivity contribution >= 4 is 9.76 Å². The van der Waals surface area contributed by atoms with Gasteiger partial charge in [-0.15, -0.1) is 0 Å². The predicted molar refractivity (Wildman–Crippen MR) is 50.3 cm³/mol. The lowest BCUT2D eigenvalue weighted by Crippen LogP contribution is -2.40. The van der Waals surface area contributed by atoms with E-state index in [1.165, 1.54) is 0 Å². The lowest BCUT2D eigenvalue weighted by Gasteiger charge is -2.27. The van der Waals surface area contributed by atoms with Gasteiger partial charge >= 0.3 is 0 Å². The van der Waals surface area contributed by atoms with Crippen LogP contribution >= 0.6 is 0 Å². The van der Waals surface area contributed by atoms with Crippen LogP contribution in [-0.4, -0.2) is 35.6 Å². The second-order valence-electron chi connectivity index (χ2n) is 2.75. The highest BCUT2D eigenvalue weighted by atomic mass is 28.2. The first-order valence-electron chi connectivity index (χ1n) is 4.07. The summed E-state index contributed by atoms with van der Waals surface area (Å²) in [5, 5.41) is 0. The van der Waals surface area contributed by atoms with E-state index < -0.39 is 15.7 Å². The summed E-state index contributed by atoms with van der Waals surface area (Å²) in [5.74, 6) is -0.904. The smallest absolute Gasteiger partial charge is 0.269 e. The third-order valence-corrected chi connectivity index (χ3v) is 3.52. The molecule has 0 rings (SSSR count). The molecule has 12 heavy (non-hydrogen) atoms. The minimum atomic E-state index is -0.904. The first-order valence-corrected chi connectivity index (χ1v) is 5.47. The van der Waals surface area contributed by atoms with Crippen LogP contribution in [-0.2, 0) is 13.9 Å². The Morgan fingerprint density at radius 2 is 1.92 bits per heavy atom. The molecule has 0 aromatic heterocycles. The second-order valence-corrected chi connectivity index (χ2v) is 4.42. The molecule has 0 aliphatic carbocycles. The third-order valence-electron chi connectivity index (χ3n) is 1.83. The number of methoxy groups -OCH3 is 2. The molecule has 74 valence electrons. The fourth-order valence-corrected chi connectivity index (χ4v) is 1.57. The van der Waals surface area contributed by atoms with Gasteiger partial charge in [0.1, 0.15) is 0 Å². The maximum Gasteiger partial charge on any atom is 0.269 e. The number of hydrogen-bond donors (Lipinski definition) is 1. The fraction of sp³-hybridized carbons (Fsp3) is 1.00. The van der Waals surface area contributed by atoms with Gasteiger partial charge in [-0.3, -0.25) is 0 Å². The summed E-state index contributed by atoms with van der Waals surface area (Å²) in [6.07, 6.45) is 0.940. The van der Waals surface area contributed by atoms with Crippen LogP contribution in [0.4, 0.5) is 0 Å². The maximum absolute atomic E-state index is 5.72. The zero-order valence-corrected chi connectivity index (χ0v) is 9.71. The fourth-order valence-electron chi connectivity index (χ4n) is 0.577. The van der Waals surface area contributed by atoms with E-state index in [0.717, 1.165) is 6.42 Å². The summed E-state index contributed by atoms with van der Waals surface area (Å²) in [4.78, 5) is 0. The Balaban J connectivity index is 3.72. The van der Waals surface area contributed by atoms with Gasteiger partial charge in [0, 0.05) is 26.8 Å². The molecular formula is C7H19NO3Si. The Bertz CT molecular complexity index is 119. The van der Waals surface area contributed by atoms with Gasteiger partial charge in [-0.1, -0.05) is 6.92 Å². The Morgan fingerprint density at radius 3 is 2.25 bits per heavy atom. The van der Waals surface area contributed by atoms with Crippen molar-refractivity contribution in [3.8, 4) is 0 Å². The molecule has 0 aliphatic heterocycles. The number of ether oxygens (including phenoxy) is 2. The normalized spacial score (nSPS) is 15.8. The van der Waals surface area contributed by atoms with E-state index in [9.17, 15) is 0 Å². The summed E-state index contributed by atoms with van der Waals surface area (Å²) in [5.41, 5.74) is 5.89. The van der Waals surface area contributed by atoms with Crippen LogP contribution in [0, 0.1) is 0 Å². The van der Waals surface area contributed by atoms with Crippen LogP contribution in [0.1, 0.15) is 20.3 Å². The van der Waals surface area contributed by atoms with Crippen LogP contribution in [0.3, 0.4) is 0 Å². The molecule has 0 saturated carbocycles. The minimum absolute atomic E-state index is 0.176. The van der Waals surface area contributed by atoms with Gasteiger partial charge in [-0.05, 0) is 6.42 Å². The van der Waals surface area contributed by atoms with Crippen molar-refractivity contribution in [1.29, 1.82) is 0 Å². The van der Waals surface area contributed by atoms with E-state index in [1.54, 1.807) is 21.1 Å². The van der Waals surface area contributed by atoms with Crippen molar-refractivity contribution in [3.05, 3.63) is 0 Å². The van der Waals surface area contributed by atoms with Gasteiger partial charge in [0.2, 0.25) is 0 Å². The summed E-state index contributed by atoms with van der Waals surface area (Å²) in [7, 11) is 2.34. The van der Waals surface area contributed by atoms with Crippen LogP contribution < -0.4 is 5.73 Å². The standard InChI is InChI=1S/C7H19NO3Si/c1-5-6(8)12-11-7(2,9-3)10-4/h6H,5,8,12H2,1-4H3. The SMILES string of the molecule is CCC(N)[SiH2]OC(C)(OC)OC. The van der Waals surface area contributed by atoms with E-state index in [2.05, 4.69) is 0 Å². The lowest BCUT2D eigenvalue weighted by molar-refractivity contribution is -0.311. The average molecular weight is 193 g/mol. The molecule has 0 amide bonds. The van der Waals surface area contributed by atoms with Gasteiger partial charge in [-0.2, -0.15) is 0 Å². The van der Waals surface area contributed by atoms with E-state index in [1.807, 2.05) is 6.92 Å². The summed E-state index contributed by atoms with van der Waals surface area (Å²) < 4.78 is 15.5. The monoisotopic (exact) mass is 193 g/mol. The van der Waals surface area contributed by atoms with Crippen LogP contribution in [0.2, 0.25) is 0 Å². The molecule has 4 nitrogen and oxygen atoms in total. The Morgan fingerprint density at radius 1 is 1.42 bits per heavy atom. The van der Waals surface area contributed by atoms with Gasteiger partial charge in [0.25, 0.3) is 5.97 Å². The van der Waals surface area contributed by atoms with Crippen molar-refractivity contribution < 1.29 is 13.9 Å². The topological polar surface area (TPSA) is 53.7 Å². The average Bonchev–Trinajstić information content (AvgIpc) is 2.13. The summed E-state index contributed by atoms with van der Waals surface area (Å²) in [6.45, 7) is 3.78. The number of hydrogen-bond acceptors (Lipinski definition) is 4. The molecular weight excluding hydrogens is 174 g/mol. The Hall–Kier alpha value is 0.0569. The second kappa shape index (κ2) is 5.66. The number of rotatable bonds is 6. The zero-order chi connectivity index (χ0) is 9.61. The molecule has 1 unspecified atom stereocenters. The first-order chi connectivity index (χ1) is 5.58. The molecule has 0 fully saturated rings. The zero-order valence-electron chi connectivity index (χ0n) is 8.29. The van der Waals surface area contributed by atoms with E-state index in [-0.39, 0.29) is 5.67 Å². The van der Waals surface area contributed by atoms with Crippen LogP contribution in [0.15, 0.2) is 0 Å². The molecule has 0 aliphatic rings. The lowest BCUT2D eigenvalue weighted by atomic mass is 10.5. The highest BCUT2D eigenvalue weighted by Crippen LogP contribution is 2.10. The van der Waals surface area contributed by atoms with Gasteiger partial charge in [0.05, 0.1) is 0 Å². The van der Waals surface area contributed by atoms with Crippen LogP contribution in [0.25, 0.3) is 0 Å². The molecule has 2 N–H and O–H groups in total. The molecule has 0 aromatic carbocycles. The summed E-state index contributed by atoms with van der Waals surface area (Å²) >= 11 is 0. The molecule has 0 heterocycles. The van der Waals surface area contributed by atoms with E-state index >= 15 is 0 Å². The van der Waals surface area contributed by atoms with Crippen molar-refractivity contribution in [2.45, 2.75) is 31.9 Å². The van der Waals surface area contributed by atoms with Crippen molar-refractivity contribution in [2.24, 2.45) is 5.73 Å². The highest BCUT2D eigenvalue weighted by Gasteiger charge is 2.23. The molecule has 1 atom stereocenters. The van der Waals surface area contributed by atoms with Crippen molar-refractivity contribution in [2.75, 3.05) is 14.2 Å². The van der Waals surface area contributed by atoms with Crippen LogP contribution in [0.5, 0.6) is 0 Å². The van der Waals surface area contributed by atoms with Gasteiger partial charge < -0.3 is 19.6 Å². The van der Waals surface area contributed by atoms with E-state index in [4.69, 9.17) is 19.6 Å². The molecule has 0 bridgehead atoms. The minimum Gasteiger partial charge on any atom is -0.375 e. The highest BCUT2D eigenvalue weighted by molar-refractivity contribution is 6.29. The molecule has 0 radical (unpaired) electrons. The Labute approximate surface area is 76.3 Å². The van der Waals surface area contributed by atoms with Crippen molar-refractivity contribution in [3.63, 3.8) is 0 Å². The molecule has 5 heteroatoms. The van der Waals surface area contributed by atoms with Gasteiger partial charge in [0.15, 0.2) is 9.76 Å². The first kappa shape index (κ1) is 12.1. The third kappa shape index (κ3) is 4.17. The van der Waals surface area contributed by atoms with E-state index in [0.29, 0.717) is 0 Å². The number of nitrogens with two attached hydrogens (primary N) is 1. The molecule has 0 saturated heterocycles.